The monoisotopic (exact) mass is 418 g/mol. The second kappa shape index (κ2) is 8.62. The maximum Gasteiger partial charge on any atom is 0.230 e. The van der Waals surface area contributed by atoms with E-state index in [0.717, 1.165) is 10.6 Å². The van der Waals surface area contributed by atoms with Crippen molar-refractivity contribution in [3.05, 3.63) is 76.0 Å². The Morgan fingerprint density at radius 2 is 1.93 bits per heavy atom. The molecule has 0 radical (unpaired) electrons. The lowest BCUT2D eigenvalue weighted by Gasteiger charge is -2.07. The average Bonchev–Trinajstić information content (AvgIpc) is 3.10. The van der Waals surface area contributed by atoms with Gasteiger partial charge in [-0.15, -0.1) is 11.3 Å². The molecule has 8 heteroatoms. The van der Waals surface area contributed by atoms with Crippen LogP contribution in [0.25, 0.3) is 0 Å². The van der Waals surface area contributed by atoms with Gasteiger partial charge in [-0.1, -0.05) is 25.1 Å². The number of hydrogen-bond acceptors (Lipinski definition) is 5. The van der Waals surface area contributed by atoms with E-state index in [2.05, 4.69) is 10.3 Å². The Balaban J connectivity index is 1.62. The van der Waals surface area contributed by atoms with Crippen molar-refractivity contribution in [2.45, 2.75) is 24.7 Å². The number of nitrogens with zero attached hydrogens (tertiary/aromatic N) is 1. The minimum atomic E-state index is -3.33. The van der Waals surface area contributed by atoms with Gasteiger partial charge in [0.1, 0.15) is 5.82 Å². The summed E-state index contributed by atoms with van der Waals surface area (Å²) in [5.74, 6) is -0.555. The minimum absolute atomic E-state index is 0.0000555. The number of sulfone groups is 1. The second-order valence-electron chi connectivity index (χ2n) is 6.19. The summed E-state index contributed by atoms with van der Waals surface area (Å²) in [5, 5.41) is 5.37. The first kappa shape index (κ1) is 20.2. The zero-order valence-electron chi connectivity index (χ0n) is 15.2. The Hall–Kier alpha value is -2.58. The van der Waals surface area contributed by atoms with Crippen molar-refractivity contribution in [1.29, 1.82) is 0 Å². The molecule has 0 spiro atoms. The molecule has 5 nitrogen and oxygen atoms in total. The Labute approximate surface area is 167 Å². The predicted molar refractivity (Wildman–Crippen MR) is 108 cm³/mol. The van der Waals surface area contributed by atoms with Crippen molar-refractivity contribution in [3.8, 4) is 0 Å². The maximum absolute atomic E-state index is 13.0. The minimum Gasteiger partial charge on any atom is -0.326 e. The van der Waals surface area contributed by atoms with Gasteiger partial charge in [0, 0.05) is 17.5 Å². The van der Waals surface area contributed by atoms with Crippen molar-refractivity contribution < 1.29 is 17.6 Å². The van der Waals surface area contributed by atoms with Gasteiger partial charge in [0.2, 0.25) is 5.91 Å². The van der Waals surface area contributed by atoms with Crippen molar-refractivity contribution in [1.82, 2.24) is 4.98 Å². The molecule has 0 fully saturated rings. The van der Waals surface area contributed by atoms with Gasteiger partial charge in [-0.05, 0) is 35.9 Å². The summed E-state index contributed by atoms with van der Waals surface area (Å²) < 4.78 is 36.9. The summed E-state index contributed by atoms with van der Waals surface area (Å²) in [7, 11) is -3.33. The van der Waals surface area contributed by atoms with Crippen LogP contribution >= 0.6 is 11.3 Å². The van der Waals surface area contributed by atoms with Crippen molar-refractivity contribution in [2.75, 3.05) is 11.1 Å². The smallest absolute Gasteiger partial charge is 0.230 e. The first-order valence-corrected chi connectivity index (χ1v) is 11.2. The lowest BCUT2D eigenvalue weighted by atomic mass is 10.1. The topological polar surface area (TPSA) is 76.1 Å². The van der Waals surface area contributed by atoms with E-state index in [4.69, 9.17) is 0 Å². The van der Waals surface area contributed by atoms with Gasteiger partial charge in [-0.3, -0.25) is 4.79 Å². The number of amides is 1. The fourth-order valence-electron chi connectivity index (χ4n) is 2.59. The number of rotatable bonds is 7. The summed E-state index contributed by atoms with van der Waals surface area (Å²) in [6, 6.07) is 12.4. The number of nitrogens with one attached hydrogen (secondary N) is 1. The molecule has 0 saturated carbocycles. The van der Waals surface area contributed by atoms with Gasteiger partial charge in [-0.25, -0.2) is 17.8 Å². The summed E-state index contributed by atoms with van der Waals surface area (Å²) in [4.78, 5) is 16.9. The first-order chi connectivity index (χ1) is 13.4. The van der Waals surface area contributed by atoms with Crippen LogP contribution in [0, 0.1) is 5.82 Å². The van der Waals surface area contributed by atoms with Crippen LogP contribution in [0.3, 0.4) is 0 Å². The van der Waals surface area contributed by atoms with Crippen LogP contribution in [0.4, 0.5) is 10.1 Å². The highest BCUT2D eigenvalue weighted by Gasteiger charge is 2.13. The molecule has 0 unspecified atom stereocenters. The quantitative estimate of drug-likeness (QED) is 0.632. The van der Waals surface area contributed by atoms with Crippen LogP contribution in [0.15, 0.2) is 58.8 Å². The van der Waals surface area contributed by atoms with Gasteiger partial charge >= 0.3 is 0 Å². The molecule has 0 aliphatic rings. The first-order valence-electron chi connectivity index (χ1n) is 8.66. The molecule has 0 atom stereocenters. The fraction of sp³-hybridized carbons (Fsp3) is 0.200. The van der Waals surface area contributed by atoms with E-state index in [1.165, 1.54) is 35.6 Å². The number of anilines is 1. The van der Waals surface area contributed by atoms with E-state index in [-0.39, 0.29) is 28.8 Å². The van der Waals surface area contributed by atoms with Crippen LogP contribution in [-0.2, 0) is 27.5 Å². The Morgan fingerprint density at radius 1 is 1.18 bits per heavy atom. The van der Waals surface area contributed by atoms with Crippen molar-refractivity contribution in [2.24, 2.45) is 0 Å². The highest BCUT2D eigenvalue weighted by Crippen LogP contribution is 2.18. The molecular weight excluding hydrogens is 399 g/mol. The van der Waals surface area contributed by atoms with Gasteiger partial charge in [-0.2, -0.15) is 0 Å². The summed E-state index contributed by atoms with van der Waals surface area (Å²) in [5.41, 5.74) is 2.01. The highest BCUT2D eigenvalue weighted by atomic mass is 32.2. The van der Waals surface area contributed by atoms with Crippen LogP contribution in [-0.4, -0.2) is 25.1 Å². The zero-order valence-corrected chi connectivity index (χ0v) is 16.8. The molecule has 146 valence electrons. The standard InChI is InChI=1S/C20H19FN2O3S2/c1-2-28(25,26)18-5-3-4-16(11-18)22-19(24)12-17-13-27-20(23-17)10-14-6-8-15(21)9-7-14/h3-9,11,13H,2,10,12H2,1H3,(H,22,24). The number of thiazole rings is 1. The molecule has 1 aromatic heterocycles. The SMILES string of the molecule is CCS(=O)(=O)c1cccc(NC(=O)Cc2csc(Cc3ccc(F)cc3)n2)c1. The molecule has 2 aromatic carbocycles. The van der Waals surface area contributed by atoms with Crippen LogP contribution in [0.5, 0.6) is 0 Å². The number of halogens is 1. The molecule has 0 bridgehead atoms. The van der Waals surface area contributed by atoms with Gasteiger partial charge < -0.3 is 5.32 Å². The third-order valence-electron chi connectivity index (χ3n) is 4.07. The number of benzene rings is 2. The molecule has 1 N–H and O–H groups in total. The van der Waals surface area contributed by atoms with E-state index in [0.29, 0.717) is 17.8 Å². The zero-order chi connectivity index (χ0) is 20.1. The van der Waals surface area contributed by atoms with E-state index in [1.807, 2.05) is 5.38 Å². The third-order valence-corrected chi connectivity index (χ3v) is 6.70. The molecule has 3 rings (SSSR count). The molecule has 28 heavy (non-hydrogen) atoms. The van der Waals surface area contributed by atoms with E-state index in [9.17, 15) is 17.6 Å². The highest BCUT2D eigenvalue weighted by molar-refractivity contribution is 7.91. The normalized spacial score (nSPS) is 11.4. The molecule has 1 amide bonds. The summed E-state index contributed by atoms with van der Waals surface area (Å²) >= 11 is 1.44. The maximum atomic E-state index is 13.0. The van der Waals surface area contributed by atoms with Gasteiger partial charge in [0.05, 0.1) is 27.8 Å². The van der Waals surface area contributed by atoms with Gasteiger partial charge in [0.25, 0.3) is 0 Å². The van der Waals surface area contributed by atoms with E-state index in [1.54, 1.807) is 31.2 Å². The average molecular weight is 419 g/mol. The Kier molecular flexibility index (Phi) is 6.21. The number of aromatic nitrogens is 1. The van der Waals surface area contributed by atoms with Gasteiger partial charge in [0.15, 0.2) is 9.84 Å². The van der Waals surface area contributed by atoms with E-state index < -0.39 is 9.84 Å². The predicted octanol–water partition coefficient (Wildman–Crippen LogP) is 3.85. The van der Waals surface area contributed by atoms with Crippen molar-refractivity contribution in [3.63, 3.8) is 0 Å². The molecular formula is C20H19FN2O3S2. The van der Waals surface area contributed by atoms with Crippen LogP contribution in [0.1, 0.15) is 23.2 Å². The molecule has 0 saturated heterocycles. The lowest BCUT2D eigenvalue weighted by molar-refractivity contribution is -0.115. The van der Waals surface area contributed by atoms with Crippen molar-refractivity contribution >= 4 is 32.8 Å². The largest absolute Gasteiger partial charge is 0.326 e. The number of carbonyl (C=O) groups is 1. The summed E-state index contributed by atoms with van der Waals surface area (Å²) in [6.07, 6.45) is 0.661. The van der Waals surface area contributed by atoms with Crippen LogP contribution in [0.2, 0.25) is 0 Å². The molecule has 0 aliphatic heterocycles. The number of carbonyl (C=O) groups excluding carboxylic acids is 1. The fourth-order valence-corrected chi connectivity index (χ4v) is 4.35. The summed E-state index contributed by atoms with van der Waals surface area (Å²) in [6.45, 7) is 1.58. The number of hydrogen-bond donors (Lipinski definition) is 1. The van der Waals surface area contributed by atoms with E-state index >= 15 is 0 Å². The molecule has 1 heterocycles. The second-order valence-corrected chi connectivity index (χ2v) is 9.41. The third kappa shape index (κ3) is 5.24. The molecule has 3 aromatic rings. The van der Waals surface area contributed by atoms with Crippen LogP contribution < -0.4 is 5.32 Å². The Morgan fingerprint density at radius 3 is 2.64 bits per heavy atom. The Bertz CT molecular complexity index is 1080. The lowest BCUT2D eigenvalue weighted by Crippen LogP contribution is -2.15. The molecule has 0 aliphatic carbocycles.